The fourth-order valence-electron chi connectivity index (χ4n) is 3.83. The molecule has 8 nitrogen and oxygen atoms in total. The van der Waals surface area contributed by atoms with Crippen LogP contribution in [-0.4, -0.2) is 32.0 Å². The number of nitrogens with zero attached hydrogens (tertiary/aromatic N) is 4. The Bertz CT molecular complexity index is 1390. The van der Waals surface area contributed by atoms with Crippen LogP contribution < -0.4 is 14.9 Å². The number of aryl methyl sites for hydroxylation is 1. The van der Waals surface area contributed by atoms with E-state index in [4.69, 9.17) is 4.74 Å². The second-order valence-electron chi connectivity index (χ2n) is 7.39. The lowest BCUT2D eigenvalue weighted by Crippen LogP contribution is -2.39. The molecule has 1 N–H and O–H groups in total. The second kappa shape index (κ2) is 8.58. The number of hydrogen-bond donors (Lipinski definition) is 1. The van der Waals surface area contributed by atoms with E-state index in [1.165, 1.54) is 28.0 Å². The largest absolute Gasteiger partial charge is 0.508 e. The Morgan fingerprint density at radius 2 is 1.97 bits per heavy atom. The van der Waals surface area contributed by atoms with E-state index < -0.39 is 12.0 Å². The van der Waals surface area contributed by atoms with E-state index in [9.17, 15) is 14.7 Å². The lowest BCUT2D eigenvalue weighted by atomic mass is 9.96. The number of carbonyl (C=O) groups is 1. The lowest BCUT2D eigenvalue weighted by molar-refractivity contribution is -0.139. The van der Waals surface area contributed by atoms with Gasteiger partial charge in [0.1, 0.15) is 5.75 Å². The lowest BCUT2D eigenvalue weighted by Gasteiger charge is -2.24. The van der Waals surface area contributed by atoms with Gasteiger partial charge in [-0.3, -0.25) is 14.0 Å². The third-order valence-corrected chi connectivity index (χ3v) is 6.44. The summed E-state index contributed by atoms with van der Waals surface area (Å²) in [4.78, 5) is 31.4. The van der Waals surface area contributed by atoms with Gasteiger partial charge in [-0.15, -0.1) is 0 Å². The average molecular weight is 453 g/mol. The van der Waals surface area contributed by atoms with Crippen LogP contribution in [0.2, 0.25) is 0 Å². The maximum Gasteiger partial charge on any atom is 0.338 e. The zero-order chi connectivity index (χ0) is 23.0. The number of aromatic nitrogens is 3. The third-order valence-electron chi connectivity index (χ3n) is 5.45. The predicted octanol–water partition coefficient (Wildman–Crippen LogP) is 2.03. The summed E-state index contributed by atoms with van der Waals surface area (Å²) in [6.07, 6.45) is 3.55. The molecular weight excluding hydrogens is 428 g/mol. The van der Waals surface area contributed by atoms with Crippen LogP contribution in [0.1, 0.15) is 43.6 Å². The van der Waals surface area contributed by atoms with Gasteiger partial charge in [-0.1, -0.05) is 23.5 Å². The molecule has 1 aliphatic rings. The Morgan fingerprint density at radius 3 is 2.59 bits per heavy atom. The second-order valence-corrected chi connectivity index (χ2v) is 8.40. The fraction of sp³-hybridized carbons (Fsp3) is 0.304. The van der Waals surface area contributed by atoms with Crippen molar-refractivity contribution >= 4 is 23.4 Å². The number of esters is 1. The van der Waals surface area contributed by atoms with Crippen LogP contribution in [-0.2, 0) is 16.1 Å². The summed E-state index contributed by atoms with van der Waals surface area (Å²) in [6.45, 7) is 8.40. The van der Waals surface area contributed by atoms with Crippen LogP contribution >= 0.6 is 11.3 Å². The van der Waals surface area contributed by atoms with E-state index in [0.717, 1.165) is 17.8 Å². The topological polar surface area (TPSA) is 98.7 Å². The standard InChI is InChI=1S/C23H24N4O4S/c1-5-26-14(4)16(12-24-26)11-18-21(29)27-20(15-7-9-17(28)10-8-15)19(22(30)31-6-2)13(3)25-23(27)32-18/h7-12,20,28H,5-6H2,1-4H3. The molecule has 3 aromatic rings. The number of aromatic hydroxyl groups is 1. The van der Waals surface area contributed by atoms with Gasteiger partial charge in [0, 0.05) is 17.8 Å². The third kappa shape index (κ3) is 3.69. The molecule has 0 aliphatic carbocycles. The Hall–Kier alpha value is -3.46. The number of allylic oxidation sites excluding steroid dienone is 1. The van der Waals surface area contributed by atoms with Gasteiger partial charge < -0.3 is 9.84 Å². The van der Waals surface area contributed by atoms with Crippen molar-refractivity contribution in [3.8, 4) is 5.75 Å². The monoisotopic (exact) mass is 452 g/mol. The molecule has 1 unspecified atom stereocenters. The van der Waals surface area contributed by atoms with E-state index in [1.54, 1.807) is 32.2 Å². The molecule has 0 spiro atoms. The molecule has 1 atom stereocenters. The minimum Gasteiger partial charge on any atom is -0.508 e. The number of fused-ring (bicyclic) bond motifs is 1. The van der Waals surface area contributed by atoms with Crippen molar-refractivity contribution < 1.29 is 14.6 Å². The van der Waals surface area contributed by atoms with Crippen LogP contribution in [0.4, 0.5) is 0 Å². The van der Waals surface area contributed by atoms with Crippen LogP contribution in [0.15, 0.2) is 51.5 Å². The van der Waals surface area contributed by atoms with Crippen LogP contribution in [0.25, 0.3) is 6.08 Å². The highest BCUT2D eigenvalue weighted by molar-refractivity contribution is 7.07. The first-order valence-electron chi connectivity index (χ1n) is 10.4. The Labute approximate surface area is 188 Å². The zero-order valence-electron chi connectivity index (χ0n) is 18.3. The van der Waals surface area contributed by atoms with Gasteiger partial charge >= 0.3 is 5.97 Å². The number of thiazole rings is 1. The van der Waals surface area contributed by atoms with E-state index in [0.29, 0.717) is 26.2 Å². The number of rotatable bonds is 5. The molecule has 0 amide bonds. The molecule has 1 aliphatic heterocycles. The molecule has 2 aromatic heterocycles. The number of phenolic OH excluding ortho intramolecular Hbond substituents is 1. The molecule has 9 heteroatoms. The summed E-state index contributed by atoms with van der Waals surface area (Å²) in [5.74, 6) is -0.413. The van der Waals surface area contributed by atoms with Crippen molar-refractivity contribution in [2.75, 3.05) is 6.61 Å². The van der Waals surface area contributed by atoms with Gasteiger partial charge in [0.25, 0.3) is 5.56 Å². The first-order chi connectivity index (χ1) is 15.3. The Morgan fingerprint density at radius 1 is 1.25 bits per heavy atom. The van der Waals surface area contributed by atoms with Gasteiger partial charge in [-0.05, 0) is 51.5 Å². The van der Waals surface area contributed by atoms with Gasteiger partial charge in [-0.25, -0.2) is 9.79 Å². The summed E-state index contributed by atoms with van der Waals surface area (Å²) in [7, 11) is 0. The van der Waals surface area contributed by atoms with Gasteiger partial charge in [0.15, 0.2) is 4.80 Å². The molecule has 4 rings (SSSR count). The minimum atomic E-state index is -0.701. The van der Waals surface area contributed by atoms with Crippen molar-refractivity contribution in [2.45, 2.75) is 40.3 Å². The normalized spacial score (nSPS) is 16.1. The van der Waals surface area contributed by atoms with Crippen molar-refractivity contribution in [1.29, 1.82) is 0 Å². The van der Waals surface area contributed by atoms with Crippen molar-refractivity contribution in [1.82, 2.24) is 14.3 Å². The average Bonchev–Trinajstić information content (AvgIpc) is 3.27. The van der Waals surface area contributed by atoms with Gasteiger partial charge in [-0.2, -0.15) is 5.10 Å². The quantitative estimate of drug-likeness (QED) is 0.598. The first kappa shape index (κ1) is 21.8. The molecule has 0 fully saturated rings. The van der Waals surface area contributed by atoms with E-state index >= 15 is 0 Å². The number of ether oxygens (including phenoxy) is 1. The number of benzene rings is 1. The van der Waals surface area contributed by atoms with Crippen molar-refractivity contribution in [3.05, 3.63) is 78.2 Å². The summed E-state index contributed by atoms with van der Waals surface area (Å²) in [6, 6.07) is 5.76. The molecule has 166 valence electrons. The fourth-order valence-corrected chi connectivity index (χ4v) is 4.86. The Balaban J connectivity index is 1.95. The predicted molar refractivity (Wildman–Crippen MR) is 121 cm³/mol. The molecule has 3 heterocycles. The highest BCUT2D eigenvalue weighted by atomic mass is 32.1. The smallest absolute Gasteiger partial charge is 0.338 e. The Kier molecular flexibility index (Phi) is 5.84. The summed E-state index contributed by atoms with van der Waals surface area (Å²) in [5.41, 5.74) is 3.08. The summed E-state index contributed by atoms with van der Waals surface area (Å²) >= 11 is 1.27. The van der Waals surface area contributed by atoms with E-state index in [-0.39, 0.29) is 17.9 Å². The van der Waals surface area contributed by atoms with Gasteiger partial charge in [0.2, 0.25) is 0 Å². The number of carbonyl (C=O) groups excluding carboxylic acids is 1. The first-order valence-corrected chi connectivity index (χ1v) is 11.2. The molecule has 0 radical (unpaired) electrons. The molecule has 0 saturated carbocycles. The molecule has 0 saturated heterocycles. The highest BCUT2D eigenvalue weighted by Gasteiger charge is 2.33. The van der Waals surface area contributed by atoms with E-state index in [1.807, 2.05) is 24.6 Å². The van der Waals surface area contributed by atoms with Gasteiger partial charge in [0.05, 0.1) is 34.6 Å². The maximum absolute atomic E-state index is 13.5. The molecule has 0 bridgehead atoms. The summed E-state index contributed by atoms with van der Waals surface area (Å²) in [5, 5.41) is 14.1. The molecule has 32 heavy (non-hydrogen) atoms. The SMILES string of the molecule is CCOC(=O)C1=C(C)N=c2sc(=Cc3cnn(CC)c3C)c(=O)n2C1c1ccc(O)cc1. The number of hydrogen-bond acceptors (Lipinski definition) is 7. The van der Waals surface area contributed by atoms with Crippen LogP contribution in [0.3, 0.4) is 0 Å². The van der Waals surface area contributed by atoms with E-state index in [2.05, 4.69) is 10.1 Å². The molecular formula is C23H24N4O4S. The minimum absolute atomic E-state index is 0.1000. The summed E-state index contributed by atoms with van der Waals surface area (Å²) < 4.78 is 9.18. The van der Waals surface area contributed by atoms with Crippen LogP contribution in [0.5, 0.6) is 5.75 Å². The van der Waals surface area contributed by atoms with Crippen molar-refractivity contribution in [3.63, 3.8) is 0 Å². The van der Waals surface area contributed by atoms with Crippen molar-refractivity contribution in [2.24, 2.45) is 4.99 Å². The molecule has 1 aromatic carbocycles. The zero-order valence-corrected chi connectivity index (χ0v) is 19.1. The van der Waals surface area contributed by atoms with Crippen LogP contribution in [0, 0.1) is 6.92 Å². The number of phenols is 1. The maximum atomic E-state index is 13.5. The highest BCUT2D eigenvalue weighted by Crippen LogP contribution is 2.31.